The summed E-state index contributed by atoms with van der Waals surface area (Å²) in [5.41, 5.74) is 2.67. The zero-order chi connectivity index (χ0) is 18.7. The van der Waals surface area contributed by atoms with Gasteiger partial charge in [0.25, 0.3) is 0 Å². The Morgan fingerprint density at radius 3 is 2.50 bits per heavy atom. The van der Waals surface area contributed by atoms with E-state index in [4.69, 9.17) is 9.47 Å². The molecule has 5 nitrogen and oxygen atoms in total. The van der Waals surface area contributed by atoms with Gasteiger partial charge >= 0.3 is 0 Å². The number of hydrogen-bond acceptors (Lipinski definition) is 4. The molecule has 1 heterocycles. The number of hydrogen-bond donors (Lipinski definition) is 0. The summed E-state index contributed by atoms with van der Waals surface area (Å²) >= 11 is 0. The van der Waals surface area contributed by atoms with E-state index in [0.717, 1.165) is 17.0 Å². The Balaban J connectivity index is 1.97. The third kappa shape index (κ3) is 3.97. The molecule has 1 aromatic heterocycles. The number of nitriles is 1. The van der Waals surface area contributed by atoms with E-state index < -0.39 is 0 Å². The lowest BCUT2D eigenvalue weighted by molar-refractivity contribution is 0.280. The molecule has 26 heavy (non-hydrogen) atoms. The standard InChI is InChI=1S/C21H22N2O3/c1-14-8-19(24)9-15(2)23(14)18(12-22)10-17-6-7-20(25-3)21(11-17)26-13-16-4-5-16/h6-11,16H,4-5,13H2,1-3H3/b18-10-. The van der Waals surface area contributed by atoms with Crippen molar-refractivity contribution < 1.29 is 9.47 Å². The Kier molecular flexibility index (Phi) is 5.13. The van der Waals surface area contributed by atoms with E-state index >= 15 is 0 Å². The van der Waals surface area contributed by atoms with Gasteiger partial charge in [-0.25, -0.2) is 0 Å². The van der Waals surface area contributed by atoms with Gasteiger partial charge in [0, 0.05) is 23.5 Å². The molecular weight excluding hydrogens is 328 g/mol. The number of allylic oxidation sites excluding steroid dienone is 1. The molecule has 1 aliphatic rings. The molecule has 1 fully saturated rings. The predicted octanol–water partition coefficient (Wildman–Crippen LogP) is 3.78. The summed E-state index contributed by atoms with van der Waals surface area (Å²) in [6.45, 7) is 4.32. The summed E-state index contributed by atoms with van der Waals surface area (Å²) in [5, 5.41) is 9.64. The highest BCUT2D eigenvalue weighted by Crippen LogP contribution is 2.33. The van der Waals surface area contributed by atoms with Crippen LogP contribution in [0.3, 0.4) is 0 Å². The van der Waals surface area contributed by atoms with Crippen LogP contribution in [0.5, 0.6) is 11.5 Å². The molecule has 0 saturated heterocycles. The summed E-state index contributed by atoms with van der Waals surface area (Å²) in [7, 11) is 1.61. The highest BCUT2D eigenvalue weighted by molar-refractivity contribution is 5.80. The van der Waals surface area contributed by atoms with Crippen LogP contribution in [0.15, 0.2) is 35.1 Å². The normalized spacial score (nSPS) is 14.0. The summed E-state index contributed by atoms with van der Waals surface area (Å²) in [6.07, 6.45) is 4.21. The monoisotopic (exact) mass is 350 g/mol. The van der Waals surface area contributed by atoms with Crippen molar-refractivity contribution in [3.8, 4) is 17.6 Å². The van der Waals surface area contributed by atoms with Gasteiger partial charge in [0.05, 0.1) is 13.7 Å². The SMILES string of the molecule is COc1ccc(/C=C(/C#N)n2c(C)cc(=O)cc2C)cc1OCC1CC1. The predicted molar refractivity (Wildman–Crippen MR) is 101 cm³/mol. The quantitative estimate of drug-likeness (QED) is 0.744. The second-order valence-electron chi connectivity index (χ2n) is 6.62. The molecule has 0 aliphatic heterocycles. The van der Waals surface area contributed by atoms with Gasteiger partial charge in [-0.3, -0.25) is 4.79 Å². The van der Waals surface area contributed by atoms with Crippen LogP contribution in [-0.2, 0) is 0 Å². The smallest absolute Gasteiger partial charge is 0.182 e. The van der Waals surface area contributed by atoms with Crippen LogP contribution in [0.25, 0.3) is 11.8 Å². The minimum atomic E-state index is -0.0613. The second-order valence-corrected chi connectivity index (χ2v) is 6.62. The first-order valence-electron chi connectivity index (χ1n) is 8.65. The van der Waals surface area contributed by atoms with Crippen molar-refractivity contribution in [1.82, 2.24) is 4.57 Å². The first-order chi connectivity index (χ1) is 12.5. The van der Waals surface area contributed by atoms with Crippen molar-refractivity contribution >= 4 is 11.8 Å². The van der Waals surface area contributed by atoms with Gasteiger partial charge in [-0.15, -0.1) is 0 Å². The zero-order valence-corrected chi connectivity index (χ0v) is 15.3. The maximum atomic E-state index is 11.6. The van der Waals surface area contributed by atoms with Crippen LogP contribution in [0.1, 0.15) is 29.8 Å². The maximum absolute atomic E-state index is 11.6. The van der Waals surface area contributed by atoms with Crippen LogP contribution in [0, 0.1) is 31.1 Å². The van der Waals surface area contributed by atoms with Gasteiger partial charge in [-0.1, -0.05) is 6.07 Å². The van der Waals surface area contributed by atoms with Crippen molar-refractivity contribution in [2.45, 2.75) is 26.7 Å². The Bertz CT molecular complexity index is 920. The number of methoxy groups -OCH3 is 1. The Morgan fingerprint density at radius 2 is 1.92 bits per heavy atom. The largest absolute Gasteiger partial charge is 0.493 e. The van der Waals surface area contributed by atoms with E-state index in [1.54, 1.807) is 17.8 Å². The van der Waals surface area contributed by atoms with Crippen molar-refractivity contribution in [3.63, 3.8) is 0 Å². The number of pyridine rings is 1. The molecule has 0 radical (unpaired) electrons. The van der Waals surface area contributed by atoms with Gasteiger partial charge in [0.15, 0.2) is 16.9 Å². The van der Waals surface area contributed by atoms with Gasteiger partial charge in [-0.2, -0.15) is 5.26 Å². The fourth-order valence-electron chi connectivity index (χ4n) is 2.93. The lowest BCUT2D eigenvalue weighted by Gasteiger charge is -2.14. The first-order valence-corrected chi connectivity index (χ1v) is 8.65. The van der Waals surface area contributed by atoms with Crippen LogP contribution in [-0.4, -0.2) is 18.3 Å². The Morgan fingerprint density at radius 1 is 1.23 bits per heavy atom. The average Bonchev–Trinajstić information content (AvgIpc) is 3.42. The van der Waals surface area contributed by atoms with Crippen molar-refractivity contribution in [2.75, 3.05) is 13.7 Å². The molecule has 3 rings (SSSR count). The molecular formula is C21H22N2O3. The molecule has 0 bridgehead atoms. The molecule has 0 amide bonds. The average molecular weight is 350 g/mol. The molecule has 2 aromatic rings. The fourth-order valence-corrected chi connectivity index (χ4v) is 2.93. The molecule has 134 valence electrons. The van der Waals surface area contributed by atoms with Crippen molar-refractivity contribution in [2.24, 2.45) is 5.92 Å². The fraction of sp³-hybridized carbons (Fsp3) is 0.333. The number of ether oxygens (including phenoxy) is 2. The summed E-state index contributed by atoms with van der Waals surface area (Å²) < 4.78 is 13.0. The van der Waals surface area contributed by atoms with Gasteiger partial charge in [0.2, 0.25) is 0 Å². The van der Waals surface area contributed by atoms with E-state index in [1.807, 2.05) is 32.0 Å². The summed E-state index contributed by atoms with van der Waals surface area (Å²) in [5.74, 6) is 2.00. The number of benzene rings is 1. The lowest BCUT2D eigenvalue weighted by atomic mass is 10.1. The third-order valence-corrected chi connectivity index (χ3v) is 4.43. The van der Waals surface area contributed by atoms with Gasteiger partial charge < -0.3 is 14.0 Å². The van der Waals surface area contributed by atoms with Crippen molar-refractivity contribution in [3.05, 3.63) is 57.5 Å². The molecule has 1 saturated carbocycles. The van der Waals surface area contributed by atoms with E-state index in [9.17, 15) is 10.1 Å². The topological polar surface area (TPSA) is 64.2 Å². The summed E-state index contributed by atoms with van der Waals surface area (Å²) in [6, 6.07) is 10.9. The molecule has 0 N–H and O–H groups in total. The third-order valence-electron chi connectivity index (χ3n) is 4.43. The molecule has 1 aromatic carbocycles. The molecule has 1 aliphatic carbocycles. The minimum absolute atomic E-state index is 0.0613. The number of rotatable bonds is 6. The highest BCUT2D eigenvalue weighted by atomic mass is 16.5. The maximum Gasteiger partial charge on any atom is 0.182 e. The molecule has 0 spiro atoms. The molecule has 0 atom stereocenters. The highest BCUT2D eigenvalue weighted by Gasteiger charge is 2.22. The number of nitrogens with zero attached hydrogens (tertiary/aromatic N) is 2. The summed E-state index contributed by atoms with van der Waals surface area (Å²) in [4.78, 5) is 11.6. The van der Waals surface area contributed by atoms with E-state index in [1.165, 1.54) is 25.0 Å². The van der Waals surface area contributed by atoms with Crippen LogP contribution in [0.4, 0.5) is 0 Å². The second kappa shape index (κ2) is 7.49. The van der Waals surface area contributed by atoms with Crippen molar-refractivity contribution in [1.29, 1.82) is 5.26 Å². The van der Waals surface area contributed by atoms with Crippen LogP contribution >= 0.6 is 0 Å². The lowest BCUT2D eigenvalue weighted by Crippen LogP contribution is -2.11. The van der Waals surface area contributed by atoms with E-state index in [2.05, 4.69) is 6.07 Å². The number of aryl methyl sites for hydroxylation is 2. The molecule has 5 heteroatoms. The number of aromatic nitrogens is 1. The minimum Gasteiger partial charge on any atom is -0.493 e. The van der Waals surface area contributed by atoms with Gasteiger partial charge in [0.1, 0.15) is 11.8 Å². The zero-order valence-electron chi connectivity index (χ0n) is 15.3. The van der Waals surface area contributed by atoms with Crippen LogP contribution in [0.2, 0.25) is 0 Å². The van der Waals surface area contributed by atoms with Crippen LogP contribution < -0.4 is 14.9 Å². The Hall–Kier alpha value is -3.00. The van der Waals surface area contributed by atoms with Gasteiger partial charge in [-0.05, 0) is 56.4 Å². The molecule has 0 unspecified atom stereocenters. The van der Waals surface area contributed by atoms with E-state index in [0.29, 0.717) is 29.7 Å². The first kappa shape index (κ1) is 17.8. The Labute approximate surface area is 153 Å². The van der Waals surface area contributed by atoms with E-state index in [-0.39, 0.29) is 5.43 Å².